The first-order chi connectivity index (χ1) is 13.5. The van der Waals surface area contributed by atoms with Crippen molar-refractivity contribution < 1.29 is 0 Å². The monoisotopic (exact) mass is 482 g/mol. The van der Waals surface area contributed by atoms with E-state index in [1.54, 1.807) is 0 Å². The second-order valence-electron chi connectivity index (χ2n) is 6.69. The highest BCUT2D eigenvalue weighted by molar-refractivity contribution is 14.1. The molecule has 0 aliphatic heterocycles. The van der Waals surface area contributed by atoms with E-state index in [0.29, 0.717) is 3.92 Å². The Kier molecular flexibility index (Phi) is 7.03. The predicted molar refractivity (Wildman–Crippen MR) is 124 cm³/mol. The highest BCUT2D eigenvalue weighted by atomic mass is 127. The summed E-state index contributed by atoms with van der Waals surface area (Å²) < 4.78 is 0.427. The molecule has 0 N–H and O–H groups in total. The highest BCUT2D eigenvalue weighted by Crippen LogP contribution is 2.35. The number of benzene rings is 3. The van der Waals surface area contributed by atoms with Crippen LogP contribution in [0.3, 0.4) is 0 Å². The van der Waals surface area contributed by atoms with Gasteiger partial charge in [-0.1, -0.05) is 64.9 Å². The molecule has 3 aromatic carbocycles. The number of alkyl halides is 1. The van der Waals surface area contributed by atoms with Crippen LogP contribution in [-0.4, -0.2) is 0 Å². The summed E-state index contributed by atoms with van der Waals surface area (Å²) in [4.78, 5) is 0. The lowest BCUT2D eigenvalue weighted by Gasteiger charge is -2.11. The molecule has 1 atom stereocenters. The summed E-state index contributed by atoms with van der Waals surface area (Å²) in [5.74, 6) is 0. The van der Waals surface area contributed by atoms with Crippen LogP contribution in [0.2, 0.25) is 0 Å². The van der Waals surface area contributed by atoms with Crippen molar-refractivity contribution in [3.63, 3.8) is 0 Å². The first-order valence-corrected chi connectivity index (χ1v) is 10.5. The van der Waals surface area contributed by atoms with E-state index in [9.17, 15) is 0 Å². The van der Waals surface area contributed by atoms with Crippen molar-refractivity contribution in [3.05, 3.63) is 83.4 Å². The maximum atomic E-state index is 4.48. The third-order valence-corrected chi connectivity index (χ3v) is 5.87. The molecular weight excluding hydrogens is 459 g/mol. The molecule has 0 aromatic heterocycles. The van der Waals surface area contributed by atoms with Crippen LogP contribution in [0, 0.1) is 13.8 Å². The quantitative estimate of drug-likeness (QED) is 0.191. The van der Waals surface area contributed by atoms with Gasteiger partial charge in [0.15, 0.2) is 0 Å². The molecule has 0 fully saturated rings. The third kappa shape index (κ3) is 5.55. The predicted octanol–water partition coefficient (Wildman–Crippen LogP) is 9.02. The number of hydrogen-bond donors (Lipinski definition) is 0. The standard InChI is InChI=1S/C23H23IN4/c1-4-22(24)21-15-17(3)7-14-23(21)28-27-20-12-10-19(11-13-20)26-25-18-8-5-16(2)6-9-18/h5-15,22H,4H2,1-3H3/t22-/m0/s1. The average Bonchev–Trinajstić information content (AvgIpc) is 2.72. The fraction of sp³-hybridized carbons (Fsp3) is 0.217. The van der Waals surface area contributed by atoms with Crippen molar-refractivity contribution in [2.75, 3.05) is 0 Å². The van der Waals surface area contributed by atoms with Crippen LogP contribution in [0.5, 0.6) is 0 Å². The van der Waals surface area contributed by atoms with Gasteiger partial charge in [0.25, 0.3) is 0 Å². The van der Waals surface area contributed by atoms with Crippen molar-refractivity contribution in [2.45, 2.75) is 31.1 Å². The lowest BCUT2D eigenvalue weighted by Crippen LogP contribution is -1.89. The van der Waals surface area contributed by atoms with E-state index in [1.807, 2.05) is 54.6 Å². The molecule has 5 heteroatoms. The molecule has 0 saturated carbocycles. The summed E-state index contributed by atoms with van der Waals surface area (Å²) in [7, 11) is 0. The van der Waals surface area contributed by atoms with Crippen LogP contribution in [0.4, 0.5) is 22.7 Å². The number of rotatable bonds is 6. The number of nitrogens with zero attached hydrogens (tertiary/aromatic N) is 4. The normalized spacial score (nSPS) is 12.7. The van der Waals surface area contributed by atoms with E-state index in [0.717, 1.165) is 29.2 Å². The van der Waals surface area contributed by atoms with Gasteiger partial charge in [0, 0.05) is 3.92 Å². The van der Waals surface area contributed by atoms with E-state index >= 15 is 0 Å². The molecular formula is C23H23IN4. The van der Waals surface area contributed by atoms with E-state index in [2.05, 4.69) is 76.0 Å². The maximum Gasteiger partial charge on any atom is 0.0899 e. The zero-order chi connectivity index (χ0) is 19.9. The zero-order valence-corrected chi connectivity index (χ0v) is 18.5. The molecule has 4 nitrogen and oxygen atoms in total. The van der Waals surface area contributed by atoms with Crippen molar-refractivity contribution in [1.29, 1.82) is 0 Å². The summed E-state index contributed by atoms with van der Waals surface area (Å²) in [6.07, 6.45) is 1.06. The van der Waals surface area contributed by atoms with Gasteiger partial charge in [-0.25, -0.2) is 0 Å². The topological polar surface area (TPSA) is 49.4 Å². The SMILES string of the molecule is CC[C@H](I)c1cc(C)ccc1N=Nc1ccc(N=Nc2ccc(C)cc2)cc1. The largest absolute Gasteiger partial charge is 0.151 e. The van der Waals surface area contributed by atoms with Gasteiger partial charge in [0.05, 0.1) is 22.7 Å². The minimum atomic E-state index is 0.427. The Hall–Kier alpha value is -2.41. The molecule has 0 unspecified atom stereocenters. The molecule has 0 amide bonds. The van der Waals surface area contributed by atoms with E-state index in [-0.39, 0.29) is 0 Å². The molecule has 0 radical (unpaired) electrons. The van der Waals surface area contributed by atoms with Crippen LogP contribution < -0.4 is 0 Å². The molecule has 0 saturated heterocycles. The minimum absolute atomic E-state index is 0.427. The molecule has 0 spiro atoms. The smallest absolute Gasteiger partial charge is 0.0899 e. The fourth-order valence-electron chi connectivity index (χ4n) is 2.66. The van der Waals surface area contributed by atoms with Gasteiger partial charge in [-0.2, -0.15) is 20.5 Å². The van der Waals surface area contributed by atoms with E-state index in [1.165, 1.54) is 16.7 Å². The number of halogens is 1. The molecule has 3 rings (SSSR count). The second kappa shape index (κ2) is 9.68. The molecule has 0 aliphatic rings. The van der Waals surface area contributed by atoms with Crippen molar-refractivity contribution >= 4 is 45.3 Å². The van der Waals surface area contributed by atoms with Crippen LogP contribution >= 0.6 is 22.6 Å². The van der Waals surface area contributed by atoms with Gasteiger partial charge < -0.3 is 0 Å². The first kappa shape index (κ1) is 20.3. The maximum absolute atomic E-state index is 4.48. The minimum Gasteiger partial charge on any atom is -0.151 e. The highest BCUT2D eigenvalue weighted by Gasteiger charge is 2.10. The number of azo groups is 2. The van der Waals surface area contributed by atoms with Gasteiger partial charge in [-0.3, -0.25) is 0 Å². The van der Waals surface area contributed by atoms with Crippen LogP contribution in [0.15, 0.2) is 87.2 Å². The molecule has 0 aliphatic carbocycles. The van der Waals surface area contributed by atoms with Gasteiger partial charge in [0.1, 0.15) is 0 Å². The average molecular weight is 482 g/mol. The summed E-state index contributed by atoms with van der Waals surface area (Å²) in [5.41, 5.74) is 7.03. The van der Waals surface area contributed by atoms with Crippen LogP contribution in [-0.2, 0) is 0 Å². The van der Waals surface area contributed by atoms with Crippen molar-refractivity contribution in [2.24, 2.45) is 20.5 Å². The Bertz CT molecular complexity index is 976. The van der Waals surface area contributed by atoms with Gasteiger partial charge in [-0.05, 0) is 68.3 Å². The van der Waals surface area contributed by atoms with Gasteiger partial charge in [0.2, 0.25) is 0 Å². The van der Waals surface area contributed by atoms with Gasteiger partial charge >= 0.3 is 0 Å². The number of hydrogen-bond acceptors (Lipinski definition) is 4. The summed E-state index contributed by atoms with van der Waals surface area (Å²) in [6.45, 7) is 6.34. The molecule has 28 heavy (non-hydrogen) atoms. The Morgan fingerprint density at radius 2 is 1.14 bits per heavy atom. The third-order valence-electron chi connectivity index (χ3n) is 4.32. The Labute approximate surface area is 180 Å². The molecule has 0 heterocycles. The molecule has 142 valence electrons. The molecule has 3 aromatic rings. The van der Waals surface area contributed by atoms with E-state index < -0.39 is 0 Å². The summed E-state index contributed by atoms with van der Waals surface area (Å²) in [6, 6.07) is 21.9. The van der Waals surface area contributed by atoms with Crippen LogP contribution in [0.25, 0.3) is 0 Å². The Morgan fingerprint density at radius 3 is 1.68 bits per heavy atom. The second-order valence-corrected chi connectivity index (χ2v) is 8.19. The van der Waals surface area contributed by atoms with Gasteiger partial charge in [-0.15, -0.1) is 0 Å². The Balaban J connectivity index is 1.73. The van der Waals surface area contributed by atoms with Crippen molar-refractivity contribution in [3.8, 4) is 0 Å². The zero-order valence-electron chi connectivity index (χ0n) is 16.3. The van der Waals surface area contributed by atoms with E-state index in [4.69, 9.17) is 0 Å². The summed E-state index contributed by atoms with van der Waals surface area (Å²) in [5, 5.41) is 17.4. The van der Waals surface area contributed by atoms with Crippen LogP contribution in [0.1, 0.15) is 34.0 Å². The lowest BCUT2D eigenvalue weighted by atomic mass is 10.1. The number of aryl methyl sites for hydroxylation is 2. The molecule has 0 bridgehead atoms. The Morgan fingerprint density at radius 1 is 0.679 bits per heavy atom. The lowest BCUT2D eigenvalue weighted by molar-refractivity contribution is 0.922. The van der Waals surface area contributed by atoms with Crippen molar-refractivity contribution in [1.82, 2.24) is 0 Å². The fourth-order valence-corrected chi connectivity index (χ4v) is 3.16. The first-order valence-electron chi connectivity index (χ1n) is 9.30. The summed E-state index contributed by atoms with van der Waals surface area (Å²) >= 11 is 2.46.